The van der Waals surface area contributed by atoms with Gasteiger partial charge in [-0.1, -0.05) is 24.3 Å². The van der Waals surface area contributed by atoms with Crippen LogP contribution in [0.3, 0.4) is 0 Å². The van der Waals surface area contributed by atoms with Crippen LogP contribution in [-0.2, 0) is 24.2 Å². The molecule has 6 heteroatoms. The van der Waals surface area contributed by atoms with Crippen LogP contribution in [0.2, 0.25) is 0 Å². The first-order chi connectivity index (χ1) is 13.2. The van der Waals surface area contributed by atoms with E-state index in [4.69, 9.17) is 4.74 Å². The highest BCUT2D eigenvalue weighted by Crippen LogP contribution is 2.25. The molecule has 2 aromatic rings. The molecular weight excluding hydrogens is 340 g/mol. The van der Waals surface area contributed by atoms with Crippen molar-refractivity contribution in [1.82, 2.24) is 19.6 Å². The summed E-state index contributed by atoms with van der Waals surface area (Å²) in [5, 5.41) is 4.39. The first-order valence-electron chi connectivity index (χ1n) is 9.87. The fourth-order valence-corrected chi connectivity index (χ4v) is 4.21. The summed E-state index contributed by atoms with van der Waals surface area (Å²) < 4.78 is 6.83. The number of piperidine rings is 1. The number of methoxy groups -OCH3 is 1. The lowest BCUT2D eigenvalue weighted by atomic mass is 9.95. The number of nitrogens with zero attached hydrogens (tertiary/aromatic N) is 4. The zero-order chi connectivity index (χ0) is 18.6. The molecule has 0 unspecified atom stereocenters. The molecule has 6 nitrogen and oxygen atoms in total. The van der Waals surface area contributed by atoms with Crippen molar-refractivity contribution in [3.8, 4) is 0 Å². The summed E-state index contributed by atoms with van der Waals surface area (Å²) in [5.41, 5.74) is 3.49. The maximum absolute atomic E-state index is 12.7. The molecule has 0 spiro atoms. The fourth-order valence-electron chi connectivity index (χ4n) is 4.21. The van der Waals surface area contributed by atoms with Gasteiger partial charge in [-0.2, -0.15) is 5.10 Å². The van der Waals surface area contributed by atoms with E-state index in [1.54, 1.807) is 11.8 Å². The number of hydrogen-bond acceptors (Lipinski definition) is 4. The van der Waals surface area contributed by atoms with E-state index in [0.717, 1.165) is 45.4 Å². The van der Waals surface area contributed by atoms with Gasteiger partial charge < -0.3 is 9.64 Å². The van der Waals surface area contributed by atoms with Crippen molar-refractivity contribution in [1.29, 1.82) is 0 Å². The highest BCUT2D eigenvalue weighted by Gasteiger charge is 2.29. The third-order valence-electron chi connectivity index (χ3n) is 5.81. The van der Waals surface area contributed by atoms with E-state index in [1.165, 1.54) is 11.1 Å². The fraction of sp³-hybridized carbons (Fsp3) is 0.524. The van der Waals surface area contributed by atoms with Gasteiger partial charge in [-0.15, -0.1) is 0 Å². The van der Waals surface area contributed by atoms with E-state index in [2.05, 4.69) is 34.3 Å². The van der Waals surface area contributed by atoms with E-state index in [9.17, 15) is 4.79 Å². The summed E-state index contributed by atoms with van der Waals surface area (Å²) in [6.07, 6.45) is 5.06. The van der Waals surface area contributed by atoms with Crippen LogP contribution >= 0.6 is 0 Å². The van der Waals surface area contributed by atoms with Gasteiger partial charge in [0.1, 0.15) is 5.69 Å². The van der Waals surface area contributed by atoms with Crippen LogP contribution in [0.1, 0.15) is 34.5 Å². The van der Waals surface area contributed by atoms with Gasteiger partial charge >= 0.3 is 0 Å². The van der Waals surface area contributed by atoms with E-state index >= 15 is 0 Å². The molecule has 3 heterocycles. The Morgan fingerprint density at radius 2 is 1.93 bits per heavy atom. The predicted molar refractivity (Wildman–Crippen MR) is 104 cm³/mol. The van der Waals surface area contributed by atoms with Crippen molar-refractivity contribution in [2.24, 2.45) is 0 Å². The van der Waals surface area contributed by atoms with Crippen LogP contribution in [0.25, 0.3) is 0 Å². The number of hydrogen-bond donors (Lipinski definition) is 0. The number of aromatic nitrogens is 2. The molecule has 1 aromatic heterocycles. The van der Waals surface area contributed by atoms with Crippen molar-refractivity contribution in [2.75, 3.05) is 33.4 Å². The topological polar surface area (TPSA) is 50.6 Å². The second-order valence-corrected chi connectivity index (χ2v) is 7.47. The first-order valence-corrected chi connectivity index (χ1v) is 9.87. The van der Waals surface area contributed by atoms with Crippen LogP contribution in [0, 0.1) is 0 Å². The second kappa shape index (κ2) is 8.23. The van der Waals surface area contributed by atoms with Gasteiger partial charge in [-0.05, 0) is 36.5 Å². The van der Waals surface area contributed by atoms with Crippen molar-refractivity contribution >= 4 is 5.91 Å². The smallest absolute Gasteiger partial charge is 0.274 e. The Bertz CT molecular complexity index is 780. The Hall–Kier alpha value is -2.18. The molecule has 144 valence electrons. The number of benzene rings is 1. The molecule has 1 amide bonds. The quantitative estimate of drug-likeness (QED) is 0.812. The SMILES string of the molecule is COCCn1ccc(C(=O)N2CCC(N3CCc4ccccc4C3)CC2)n1. The average Bonchev–Trinajstić information content (AvgIpc) is 3.20. The molecule has 0 radical (unpaired) electrons. The van der Waals surface area contributed by atoms with Crippen molar-refractivity contribution < 1.29 is 9.53 Å². The maximum Gasteiger partial charge on any atom is 0.274 e. The molecule has 1 saturated heterocycles. The number of carbonyl (C=O) groups is 1. The number of ether oxygens (including phenoxy) is 1. The van der Waals surface area contributed by atoms with Crippen molar-refractivity contribution in [3.05, 3.63) is 53.3 Å². The lowest BCUT2D eigenvalue weighted by Gasteiger charge is -2.40. The number of carbonyl (C=O) groups excluding carboxylic acids is 1. The summed E-state index contributed by atoms with van der Waals surface area (Å²) in [5.74, 6) is 0.0496. The minimum atomic E-state index is 0.0496. The molecule has 0 atom stereocenters. The van der Waals surface area contributed by atoms with Crippen molar-refractivity contribution in [2.45, 2.75) is 38.4 Å². The Balaban J connectivity index is 1.31. The molecule has 0 aliphatic carbocycles. The van der Waals surface area contributed by atoms with Crippen molar-refractivity contribution in [3.63, 3.8) is 0 Å². The number of likely N-dealkylation sites (tertiary alicyclic amines) is 1. The number of fused-ring (bicyclic) bond motifs is 1. The summed E-state index contributed by atoms with van der Waals surface area (Å²) in [4.78, 5) is 17.3. The minimum absolute atomic E-state index is 0.0496. The Morgan fingerprint density at radius 3 is 2.70 bits per heavy atom. The molecule has 2 aliphatic heterocycles. The first kappa shape index (κ1) is 18.2. The van der Waals surface area contributed by atoms with Crippen LogP contribution in [-0.4, -0.2) is 64.9 Å². The lowest BCUT2D eigenvalue weighted by molar-refractivity contribution is 0.0593. The van der Waals surface area contributed by atoms with Crippen LogP contribution in [0.15, 0.2) is 36.5 Å². The summed E-state index contributed by atoms with van der Waals surface area (Å²) in [7, 11) is 1.67. The average molecular weight is 368 g/mol. The third kappa shape index (κ3) is 4.06. The normalized spacial score (nSPS) is 18.5. The van der Waals surface area contributed by atoms with Gasteiger partial charge in [-0.3, -0.25) is 14.4 Å². The standard InChI is InChI=1S/C21H28N4O2/c1-27-15-14-25-13-9-20(22-25)21(26)23-11-7-19(8-12-23)24-10-6-17-4-2-3-5-18(17)16-24/h2-5,9,13,19H,6-8,10-12,14-16H2,1H3. The molecule has 0 saturated carbocycles. The molecule has 0 N–H and O–H groups in total. The van der Waals surface area contributed by atoms with Gasteiger partial charge in [0.2, 0.25) is 0 Å². The molecule has 1 aromatic carbocycles. The molecular formula is C21H28N4O2. The van der Waals surface area contributed by atoms with Crippen LogP contribution < -0.4 is 0 Å². The molecule has 27 heavy (non-hydrogen) atoms. The van der Waals surface area contributed by atoms with E-state index in [0.29, 0.717) is 24.9 Å². The maximum atomic E-state index is 12.7. The van der Waals surface area contributed by atoms with Gasteiger partial charge in [0.15, 0.2) is 0 Å². The molecule has 4 rings (SSSR count). The molecule has 0 bridgehead atoms. The summed E-state index contributed by atoms with van der Waals surface area (Å²) in [6.45, 7) is 5.05. The summed E-state index contributed by atoms with van der Waals surface area (Å²) >= 11 is 0. The second-order valence-electron chi connectivity index (χ2n) is 7.47. The Morgan fingerprint density at radius 1 is 1.15 bits per heavy atom. The summed E-state index contributed by atoms with van der Waals surface area (Å²) in [6, 6.07) is 11.2. The largest absolute Gasteiger partial charge is 0.383 e. The lowest BCUT2D eigenvalue weighted by Crippen LogP contribution is -2.48. The number of rotatable bonds is 5. The van der Waals surface area contributed by atoms with Crippen LogP contribution in [0.4, 0.5) is 0 Å². The zero-order valence-corrected chi connectivity index (χ0v) is 16.0. The van der Waals surface area contributed by atoms with Crippen LogP contribution in [0.5, 0.6) is 0 Å². The van der Waals surface area contributed by atoms with Gasteiger partial charge in [0.05, 0.1) is 13.2 Å². The highest BCUT2D eigenvalue weighted by molar-refractivity contribution is 5.92. The molecule has 2 aliphatic rings. The van der Waals surface area contributed by atoms with Gasteiger partial charge in [0, 0.05) is 45.5 Å². The Labute approximate surface area is 160 Å². The minimum Gasteiger partial charge on any atom is -0.383 e. The third-order valence-corrected chi connectivity index (χ3v) is 5.81. The van der Waals surface area contributed by atoms with E-state index in [1.807, 2.05) is 17.2 Å². The van der Waals surface area contributed by atoms with E-state index < -0.39 is 0 Å². The monoisotopic (exact) mass is 368 g/mol. The molecule has 1 fully saturated rings. The van der Waals surface area contributed by atoms with Gasteiger partial charge in [0.25, 0.3) is 5.91 Å². The highest BCUT2D eigenvalue weighted by atomic mass is 16.5. The zero-order valence-electron chi connectivity index (χ0n) is 16.0. The van der Waals surface area contributed by atoms with E-state index in [-0.39, 0.29) is 5.91 Å². The van der Waals surface area contributed by atoms with Gasteiger partial charge in [-0.25, -0.2) is 0 Å². The predicted octanol–water partition coefficient (Wildman–Crippen LogP) is 2.19. The number of amides is 1. The Kier molecular flexibility index (Phi) is 5.55.